The smallest absolute Gasteiger partial charge is 0.256 e. The predicted molar refractivity (Wildman–Crippen MR) is 108 cm³/mol. The lowest BCUT2D eigenvalue weighted by Gasteiger charge is -2.28. The lowest BCUT2D eigenvalue weighted by Crippen LogP contribution is -2.44. The standard InChI is InChI=1S/C23H29NO3/c1-5-27-23(4,19-11-12-19)22(25)24-20-13-16(2)21(17(3)14-20)26-15-18-9-7-6-8-10-18/h6-10,13-14,19H,5,11-12,15H2,1-4H3,(H,24,25). The van der Waals surface area contributed by atoms with Crippen LogP contribution in [-0.4, -0.2) is 18.1 Å². The SMILES string of the molecule is CCOC(C)(C(=O)Nc1cc(C)c(OCc2ccccc2)c(C)c1)C1CC1. The van der Waals surface area contributed by atoms with Crippen molar-refractivity contribution in [2.24, 2.45) is 5.92 Å². The lowest BCUT2D eigenvalue weighted by molar-refractivity contribution is -0.141. The van der Waals surface area contributed by atoms with E-state index in [1.165, 1.54) is 0 Å². The Morgan fingerprint density at radius 2 is 1.78 bits per heavy atom. The van der Waals surface area contributed by atoms with E-state index in [9.17, 15) is 4.79 Å². The van der Waals surface area contributed by atoms with Crippen molar-refractivity contribution in [2.45, 2.75) is 52.7 Å². The molecule has 1 N–H and O–H groups in total. The quantitative estimate of drug-likeness (QED) is 0.712. The zero-order valence-electron chi connectivity index (χ0n) is 16.7. The molecular weight excluding hydrogens is 338 g/mol. The van der Waals surface area contributed by atoms with Crippen LogP contribution < -0.4 is 10.1 Å². The van der Waals surface area contributed by atoms with Gasteiger partial charge in [0.15, 0.2) is 0 Å². The molecule has 27 heavy (non-hydrogen) atoms. The van der Waals surface area contributed by atoms with Gasteiger partial charge in [0.1, 0.15) is 18.0 Å². The van der Waals surface area contributed by atoms with Crippen LogP contribution in [0.4, 0.5) is 5.69 Å². The molecule has 0 saturated heterocycles. The van der Waals surface area contributed by atoms with Crippen LogP contribution in [0.1, 0.15) is 43.4 Å². The minimum absolute atomic E-state index is 0.0661. The van der Waals surface area contributed by atoms with Gasteiger partial charge in [-0.2, -0.15) is 0 Å². The highest BCUT2D eigenvalue weighted by molar-refractivity contribution is 5.97. The van der Waals surface area contributed by atoms with Crippen molar-refractivity contribution in [1.29, 1.82) is 0 Å². The number of hydrogen-bond acceptors (Lipinski definition) is 3. The number of hydrogen-bond donors (Lipinski definition) is 1. The van der Waals surface area contributed by atoms with Crippen molar-refractivity contribution in [3.05, 3.63) is 59.2 Å². The zero-order valence-corrected chi connectivity index (χ0v) is 16.7. The van der Waals surface area contributed by atoms with Crippen LogP contribution in [-0.2, 0) is 16.1 Å². The average molecular weight is 367 g/mol. The summed E-state index contributed by atoms with van der Waals surface area (Å²) >= 11 is 0. The van der Waals surface area contributed by atoms with E-state index in [1.807, 2.05) is 70.2 Å². The Hall–Kier alpha value is -2.33. The zero-order chi connectivity index (χ0) is 19.4. The number of benzene rings is 2. The van der Waals surface area contributed by atoms with E-state index in [-0.39, 0.29) is 5.91 Å². The maximum atomic E-state index is 12.9. The van der Waals surface area contributed by atoms with Crippen LogP contribution in [0.15, 0.2) is 42.5 Å². The van der Waals surface area contributed by atoms with Crippen molar-refractivity contribution >= 4 is 11.6 Å². The van der Waals surface area contributed by atoms with Crippen LogP contribution in [0.25, 0.3) is 0 Å². The van der Waals surface area contributed by atoms with Gasteiger partial charge in [0, 0.05) is 12.3 Å². The number of amides is 1. The molecule has 0 heterocycles. The molecule has 4 heteroatoms. The van der Waals surface area contributed by atoms with E-state index in [1.54, 1.807) is 0 Å². The molecule has 2 aromatic rings. The third-order valence-corrected chi connectivity index (χ3v) is 5.20. The summed E-state index contributed by atoms with van der Waals surface area (Å²) in [5.74, 6) is 1.11. The van der Waals surface area contributed by atoms with Gasteiger partial charge in [-0.15, -0.1) is 0 Å². The molecule has 0 radical (unpaired) electrons. The van der Waals surface area contributed by atoms with Gasteiger partial charge in [0.25, 0.3) is 5.91 Å². The molecule has 0 aromatic heterocycles. The van der Waals surface area contributed by atoms with Crippen LogP contribution in [0.2, 0.25) is 0 Å². The number of carbonyl (C=O) groups excluding carboxylic acids is 1. The van der Waals surface area contributed by atoms with Gasteiger partial charge in [-0.25, -0.2) is 0 Å². The molecule has 1 atom stereocenters. The fourth-order valence-electron chi connectivity index (χ4n) is 3.54. The van der Waals surface area contributed by atoms with E-state index in [0.29, 0.717) is 19.1 Å². The lowest BCUT2D eigenvalue weighted by atomic mass is 9.98. The van der Waals surface area contributed by atoms with Gasteiger partial charge < -0.3 is 14.8 Å². The van der Waals surface area contributed by atoms with Crippen molar-refractivity contribution in [1.82, 2.24) is 0 Å². The molecule has 4 nitrogen and oxygen atoms in total. The molecule has 1 fully saturated rings. The first-order valence-electron chi connectivity index (χ1n) is 9.67. The highest BCUT2D eigenvalue weighted by Crippen LogP contribution is 2.42. The second-order valence-corrected chi connectivity index (χ2v) is 7.48. The van der Waals surface area contributed by atoms with Gasteiger partial charge in [0.2, 0.25) is 0 Å². The molecule has 1 aliphatic carbocycles. The third-order valence-electron chi connectivity index (χ3n) is 5.20. The Morgan fingerprint density at radius 3 is 2.33 bits per heavy atom. The van der Waals surface area contributed by atoms with Crippen molar-refractivity contribution < 1.29 is 14.3 Å². The number of aryl methyl sites for hydroxylation is 2. The summed E-state index contributed by atoms with van der Waals surface area (Å²) < 4.78 is 11.9. The number of rotatable bonds is 8. The van der Waals surface area contributed by atoms with Gasteiger partial charge >= 0.3 is 0 Å². The number of ether oxygens (including phenoxy) is 2. The van der Waals surface area contributed by atoms with Crippen LogP contribution in [0.3, 0.4) is 0 Å². The Kier molecular flexibility index (Phi) is 5.85. The average Bonchev–Trinajstić information content (AvgIpc) is 3.47. The Morgan fingerprint density at radius 1 is 1.15 bits per heavy atom. The van der Waals surface area contributed by atoms with Crippen molar-refractivity contribution in [2.75, 3.05) is 11.9 Å². The number of carbonyl (C=O) groups is 1. The second-order valence-electron chi connectivity index (χ2n) is 7.48. The Balaban J connectivity index is 1.71. The second kappa shape index (κ2) is 8.13. The monoisotopic (exact) mass is 367 g/mol. The largest absolute Gasteiger partial charge is 0.488 e. The first kappa shape index (κ1) is 19.4. The predicted octanol–water partition coefficient (Wildman–Crippen LogP) is 5.03. The van der Waals surface area contributed by atoms with Gasteiger partial charge in [0.05, 0.1) is 0 Å². The maximum absolute atomic E-state index is 12.9. The Bertz CT molecular complexity index is 776. The molecule has 3 rings (SSSR count). The van der Waals surface area contributed by atoms with E-state index >= 15 is 0 Å². The third kappa shape index (κ3) is 4.51. The molecule has 1 amide bonds. The highest BCUT2D eigenvalue weighted by atomic mass is 16.5. The number of anilines is 1. The molecule has 0 aliphatic heterocycles. The fourth-order valence-corrected chi connectivity index (χ4v) is 3.54. The Labute approximate surface area is 161 Å². The summed E-state index contributed by atoms with van der Waals surface area (Å²) in [4.78, 5) is 12.9. The highest BCUT2D eigenvalue weighted by Gasteiger charge is 2.48. The molecule has 2 aromatic carbocycles. The molecule has 144 valence electrons. The van der Waals surface area contributed by atoms with E-state index < -0.39 is 5.60 Å². The van der Waals surface area contributed by atoms with Crippen molar-refractivity contribution in [3.8, 4) is 5.75 Å². The van der Waals surface area contributed by atoms with Crippen LogP contribution in [0, 0.1) is 19.8 Å². The molecule has 1 unspecified atom stereocenters. The summed E-state index contributed by atoms with van der Waals surface area (Å²) in [5, 5.41) is 3.05. The number of nitrogens with one attached hydrogen (secondary N) is 1. The molecule has 1 saturated carbocycles. The minimum atomic E-state index is -0.751. The summed E-state index contributed by atoms with van der Waals surface area (Å²) in [7, 11) is 0. The van der Waals surface area contributed by atoms with Crippen molar-refractivity contribution in [3.63, 3.8) is 0 Å². The molecular formula is C23H29NO3. The van der Waals surface area contributed by atoms with E-state index in [4.69, 9.17) is 9.47 Å². The fraction of sp³-hybridized carbons (Fsp3) is 0.435. The van der Waals surface area contributed by atoms with Crippen LogP contribution >= 0.6 is 0 Å². The molecule has 0 bridgehead atoms. The van der Waals surface area contributed by atoms with Gasteiger partial charge in [-0.1, -0.05) is 30.3 Å². The normalized spacial score (nSPS) is 15.9. The molecule has 0 spiro atoms. The van der Waals surface area contributed by atoms with Gasteiger partial charge in [-0.3, -0.25) is 4.79 Å². The first-order chi connectivity index (χ1) is 12.9. The topological polar surface area (TPSA) is 47.6 Å². The maximum Gasteiger partial charge on any atom is 0.256 e. The molecule has 1 aliphatic rings. The van der Waals surface area contributed by atoms with E-state index in [0.717, 1.165) is 41.0 Å². The minimum Gasteiger partial charge on any atom is -0.488 e. The summed E-state index contributed by atoms with van der Waals surface area (Å²) in [6, 6.07) is 14.0. The van der Waals surface area contributed by atoms with Crippen LogP contribution in [0.5, 0.6) is 5.75 Å². The van der Waals surface area contributed by atoms with Gasteiger partial charge in [-0.05, 0) is 75.3 Å². The summed E-state index contributed by atoms with van der Waals surface area (Å²) in [6.45, 7) is 8.90. The van der Waals surface area contributed by atoms with E-state index in [2.05, 4.69) is 5.32 Å². The first-order valence-corrected chi connectivity index (χ1v) is 9.67. The summed E-state index contributed by atoms with van der Waals surface area (Å²) in [5.41, 5.74) is 3.18. The summed E-state index contributed by atoms with van der Waals surface area (Å²) in [6.07, 6.45) is 2.10.